The molecule has 0 spiro atoms. The van der Waals surface area contributed by atoms with Gasteiger partial charge in [0.25, 0.3) is 0 Å². The van der Waals surface area contributed by atoms with Gasteiger partial charge in [0, 0.05) is 6.04 Å². The van der Waals surface area contributed by atoms with Gasteiger partial charge < -0.3 is 5.11 Å². The van der Waals surface area contributed by atoms with Crippen molar-refractivity contribution in [2.75, 3.05) is 6.54 Å². The summed E-state index contributed by atoms with van der Waals surface area (Å²) in [4.78, 5) is 10.4. The summed E-state index contributed by atoms with van der Waals surface area (Å²) in [5, 5.41) is 8.48. The fourth-order valence-corrected chi connectivity index (χ4v) is 3.58. The lowest BCUT2D eigenvalue weighted by atomic mass is 10.3. The lowest BCUT2D eigenvalue weighted by molar-refractivity contribution is -0.137. The molecule has 0 atom stereocenters. The van der Waals surface area contributed by atoms with Crippen LogP contribution in [-0.4, -0.2) is 36.4 Å². The highest BCUT2D eigenvalue weighted by molar-refractivity contribution is 7.89. The van der Waals surface area contributed by atoms with E-state index < -0.39 is 34.4 Å². The molecule has 0 unspecified atom stereocenters. The number of benzene rings is 1. The van der Waals surface area contributed by atoms with Crippen molar-refractivity contribution in [1.82, 2.24) is 4.31 Å². The second kappa shape index (κ2) is 5.85. The number of halogens is 2. The minimum atomic E-state index is -4.09. The standard InChI is InChI=1S/C11H13ClFNO4S/c1-7(2)14(6-11(15)16)19(17,18)10-4-3-8(13)5-9(10)12/h3-5,7H,6H2,1-2H3,(H,15,16). The topological polar surface area (TPSA) is 74.7 Å². The SMILES string of the molecule is CC(C)N(CC(=O)O)S(=O)(=O)c1ccc(F)cc1Cl. The Bertz CT molecular complexity index is 588. The van der Waals surface area contributed by atoms with Crippen LogP contribution in [0.15, 0.2) is 23.1 Å². The maximum Gasteiger partial charge on any atom is 0.318 e. The van der Waals surface area contributed by atoms with Gasteiger partial charge in [-0.05, 0) is 32.0 Å². The largest absolute Gasteiger partial charge is 0.480 e. The van der Waals surface area contributed by atoms with Crippen LogP contribution in [0.3, 0.4) is 0 Å². The number of hydrogen-bond donors (Lipinski definition) is 1. The van der Waals surface area contributed by atoms with Gasteiger partial charge in [0.1, 0.15) is 17.3 Å². The molecule has 0 fully saturated rings. The summed E-state index contributed by atoms with van der Waals surface area (Å²) in [6.07, 6.45) is 0. The first kappa shape index (κ1) is 15.9. The summed E-state index contributed by atoms with van der Waals surface area (Å²) in [6.45, 7) is 2.39. The van der Waals surface area contributed by atoms with E-state index in [0.717, 1.165) is 22.5 Å². The van der Waals surface area contributed by atoms with E-state index in [4.69, 9.17) is 16.7 Å². The first-order valence-corrected chi connectivity index (χ1v) is 7.16. The molecule has 1 aromatic carbocycles. The van der Waals surface area contributed by atoms with Crippen molar-refractivity contribution in [3.8, 4) is 0 Å². The zero-order valence-corrected chi connectivity index (χ0v) is 11.9. The van der Waals surface area contributed by atoms with Crippen molar-refractivity contribution in [1.29, 1.82) is 0 Å². The van der Waals surface area contributed by atoms with Crippen molar-refractivity contribution in [3.05, 3.63) is 29.0 Å². The molecule has 0 aliphatic carbocycles. The Kier molecular flexibility index (Phi) is 4.89. The predicted octanol–water partition coefficient (Wildman–Crippen LogP) is 1.96. The lowest BCUT2D eigenvalue weighted by Crippen LogP contribution is -2.40. The number of aliphatic carboxylic acids is 1. The van der Waals surface area contributed by atoms with Crippen molar-refractivity contribution in [2.45, 2.75) is 24.8 Å². The Morgan fingerprint density at radius 1 is 1.47 bits per heavy atom. The van der Waals surface area contributed by atoms with Crippen LogP contribution in [0.2, 0.25) is 5.02 Å². The number of hydrogen-bond acceptors (Lipinski definition) is 3. The Labute approximate surface area is 115 Å². The molecule has 0 amide bonds. The summed E-state index contributed by atoms with van der Waals surface area (Å²) in [5.41, 5.74) is 0. The predicted molar refractivity (Wildman–Crippen MR) is 68.1 cm³/mol. The van der Waals surface area contributed by atoms with E-state index in [-0.39, 0.29) is 9.92 Å². The van der Waals surface area contributed by atoms with Crippen LogP contribution in [0.25, 0.3) is 0 Å². The normalized spacial score (nSPS) is 12.1. The molecule has 0 saturated heterocycles. The van der Waals surface area contributed by atoms with Crippen LogP contribution in [0.4, 0.5) is 4.39 Å². The second-order valence-corrected chi connectivity index (χ2v) is 6.38. The Morgan fingerprint density at radius 3 is 2.47 bits per heavy atom. The highest BCUT2D eigenvalue weighted by Gasteiger charge is 2.30. The zero-order chi connectivity index (χ0) is 14.8. The van der Waals surface area contributed by atoms with Gasteiger partial charge in [-0.15, -0.1) is 0 Å². The number of sulfonamides is 1. The molecule has 19 heavy (non-hydrogen) atoms. The van der Waals surface area contributed by atoms with Gasteiger partial charge in [-0.25, -0.2) is 12.8 Å². The Morgan fingerprint density at radius 2 is 2.05 bits per heavy atom. The Balaban J connectivity index is 3.30. The average Bonchev–Trinajstić information content (AvgIpc) is 2.24. The maximum absolute atomic E-state index is 12.9. The number of carbonyl (C=O) groups is 1. The van der Waals surface area contributed by atoms with E-state index in [1.165, 1.54) is 13.8 Å². The molecule has 1 N–H and O–H groups in total. The van der Waals surface area contributed by atoms with Gasteiger partial charge in [-0.3, -0.25) is 4.79 Å². The van der Waals surface area contributed by atoms with E-state index in [1.54, 1.807) is 0 Å². The lowest BCUT2D eigenvalue weighted by Gasteiger charge is -2.24. The van der Waals surface area contributed by atoms with Crippen LogP contribution in [0, 0.1) is 5.82 Å². The molecular weight excluding hydrogens is 297 g/mol. The fourth-order valence-electron chi connectivity index (χ4n) is 1.49. The average molecular weight is 310 g/mol. The quantitative estimate of drug-likeness (QED) is 0.902. The third-order valence-corrected chi connectivity index (χ3v) is 4.85. The molecule has 0 aliphatic heterocycles. The van der Waals surface area contributed by atoms with E-state index in [0.29, 0.717) is 0 Å². The number of carboxylic acid groups (broad SMARTS) is 1. The summed E-state index contributed by atoms with van der Waals surface area (Å²) in [6, 6.07) is 2.28. The monoisotopic (exact) mass is 309 g/mol. The molecule has 1 rings (SSSR count). The molecule has 8 heteroatoms. The van der Waals surface area contributed by atoms with Crippen LogP contribution in [0.5, 0.6) is 0 Å². The van der Waals surface area contributed by atoms with E-state index in [2.05, 4.69) is 0 Å². The van der Waals surface area contributed by atoms with Crippen LogP contribution in [0.1, 0.15) is 13.8 Å². The number of carboxylic acids is 1. The van der Waals surface area contributed by atoms with Gasteiger partial charge >= 0.3 is 5.97 Å². The maximum atomic E-state index is 12.9. The van der Waals surface area contributed by atoms with Crippen molar-refractivity contribution < 1.29 is 22.7 Å². The first-order valence-electron chi connectivity index (χ1n) is 5.35. The molecule has 1 aromatic rings. The molecule has 106 valence electrons. The number of rotatable bonds is 5. The molecule has 0 heterocycles. The third-order valence-electron chi connectivity index (χ3n) is 2.35. The molecule has 0 aliphatic rings. The summed E-state index contributed by atoms with van der Waals surface area (Å²) in [5.74, 6) is -1.95. The molecular formula is C11H13ClFNO4S. The fraction of sp³-hybridized carbons (Fsp3) is 0.364. The van der Waals surface area contributed by atoms with Crippen molar-refractivity contribution >= 4 is 27.6 Å². The molecule has 5 nitrogen and oxygen atoms in total. The van der Waals surface area contributed by atoms with E-state index in [1.807, 2.05) is 0 Å². The van der Waals surface area contributed by atoms with E-state index >= 15 is 0 Å². The molecule has 0 radical (unpaired) electrons. The van der Waals surface area contributed by atoms with Crippen molar-refractivity contribution in [3.63, 3.8) is 0 Å². The first-order chi connectivity index (χ1) is 8.66. The summed E-state index contributed by atoms with van der Waals surface area (Å²) >= 11 is 5.71. The third kappa shape index (κ3) is 3.65. The van der Waals surface area contributed by atoms with Crippen molar-refractivity contribution in [2.24, 2.45) is 0 Å². The van der Waals surface area contributed by atoms with Gasteiger partial charge in [0.15, 0.2) is 0 Å². The summed E-state index contributed by atoms with van der Waals surface area (Å²) < 4.78 is 38.3. The highest BCUT2D eigenvalue weighted by Crippen LogP contribution is 2.26. The Hall–Kier alpha value is -1.18. The summed E-state index contributed by atoms with van der Waals surface area (Å²) in [7, 11) is -4.09. The van der Waals surface area contributed by atoms with Crippen LogP contribution in [-0.2, 0) is 14.8 Å². The zero-order valence-electron chi connectivity index (χ0n) is 10.3. The van der Waals surface area contributed by atoms with Crippen LogP contribution < -0.4 is 0 Å². The minimum Gasteiger partial charge on any atom is -0.480 e. The molecule has 0 bridgehead atoms. The van der Waals surface area contributed by atoms with Crippen LogP contribution >= 0.6 is 11.6 Å². The van der Waals surface area contributed by atoms with Gasteiger partial charge in [-0.2, -0.15) is 4.31 Å². The minimum absolute atomic E-state index is 0.281. The van der Waals surface area contributed by atoms with Gasteiger partial charge in [0.2, 0.25) is 10.0 Å². The van der Waals surface area contributed by atoms with Gasteiger partial charge in [0.05, 0.1) is 5.02 Å². The molecule has 0 saturated carbocycles. The molecule has 0 aromatic heterocycles. The van der Waals surface area contributed by atoms with Gasteiger partial charge in [-0.1, -0.05) is 11.6 Å². The number of nitrogens with zero attached hydrogens (tertiary/aromatic N) is 1. The van der Waals surface area contributed by atoms with E-state index in [9.17, 15) is 17.6 Å². The highest BCUT2D eigenvalue weighted by atomic mass is 35.5. The smallest absolute Gasteiger partial charge is 0.318 e. The second-order valence-electron chi connectivity index (χ2n) is 4.11.